The average molecular weight is 558 g/mol. The van der Waals surface area contributed by atoms with Crippen LogP contribution in [0.5, 0.6) is 0 Å². The van der Waals surface area contributed by atoms with Gasteiger partial charge in [0.25, 0.3) is 0 Å². The number of carbonyl (C=O) groups excluding carboxylic acids is 1. The molecule has 4 rings (SSSR count). The number of fused-ring (bicyclic) bond motifs is 1. The van der Waals surface area contributed by atoms with Crippen molar-refractivity contribution in [2.75, 3.05) is 6.54 Å². The maximum atomic E-state index is 13.4. The second-order valence-corrected chi connectivity index (χ2v) is 11.0. The molecule has 0 fully saturated rings. The van der Waals surface area contributed by atoms with Crippen molar-refractivity contribution in [3.63, 3.8) is 0 Å². The first kappa shape index (κ1) is 24.4. The highest BCUT2D eigenvalue weighted by atomic mass is 79.9. The van der Waals surface area contributed by atoms with E-state index in [1.807, 2.05) is 42.5 Å². The summed E-state index contributed by atoms with van der Waals surface area (Å²) >= 11 is 9.61. The molecular formula is C26H22BrClN2O3S. The molecule has 0 aliphatic carbocycles. The highest BCUT2D eigenvalue weighted by Crippen LogP contribution is 2.24. The second kappa shape index (κ2) is 10.7. The van der Waals surface area contributed by atoms with Gasteiger partial charge in [-0.15, -0.1) is 0 Å². The Kier molecular flexibility index (Phi) is 7.68. The van der Waals surface area contributed by atoms with Gasteiger partial charge in [0, 0.05) is 22.6 Å². The van der Waals surface area contributed by atoms with Crippen LogP contribution in [0, 0.1) is 0 Å². The van der Waals surface area contributed by atoms with Crippen LogP contribution >= 0.6 is 27.5 Å². The number of sulfonamides is 1. The van der Waals surface area contributed by atoms with Crippen LogP contribution in [-0.2, 0) is 27.9 Å². The van der Waals surface area contributed by atoms with Crippen LogP contribution in [0.3, 0.4) is 0 Å². The molecule has 174 valence electrons. The van der Waals surface area contributed by atoms with Crippen LogP contribution in [-0.4, -0.2) is 25.2 Å². The zero-order chi connectivity index (χ0) is 24.1. The molecule has 0 aromatic heterocycles. The molecule has 0 spiro atoms. The highest BCUT2D eigenvalue weighted by molar-refractivity contribution is 9.10. The Morgan fingerprint density at radius 3 is 2.26 bits per heavy atom. The van der Waals surface area contributed by atoms with Crippen LogP contribution in [0.1, 0.15) is 11.1 Å². The van der Waals surface area contributed by atoms with Crippen molar-refractivity contribution < 1.29 is 13.2 Å². The van der Waals surface area contributed by atoms with Crippen LogP contribution in [0.4, 0.5) is 0 Å². The lowest BCUT2D eigenvalue weighted by atomic mass is 10.0. The van der Waals surface area contributed by atoms with Gasteiger partial charge in [0.1, 0.15) is 0 Å². The molecule has 8 heteroatoms. The Labute approximate surface area is 212 Å². The fourth-order valence-electron chi connectivity index (χ4n) is 3.65. The van der Waals surface area contributed by atoms with E-state index in [0.717, 1.165) is 25.1 Å². The molecule has 34 heavy (non-hydrogen) atoms. The minimum atomic E-state index is -3.95. The van der Waals surface area contributed by atoms with Gasteiger partial charge in [0.2, 0.25) is 15.9 Å². The third-order valence-electron chi connectivity index (χ3n) is 5.43. The summed E-state index contributed by atoms with van der Waals surface area (Å²) in [5, 5.41) is 5.43. The lowest BCUT2D eigenvalue weighted by Crippen LogP contribution is -2.40. The number of halogens is 2. The number of benzene rings is 4. The van der Waals surface area contributed by atoms with E-state index in [9.17, 15) is 13.2 Å². The third kappa shape index (κ3) is 5.67. The van der Waals surface area contributed by atoms with Crippen molar-refractivity contribution in [3.8, 4) is 0 Å². The van der Waals surface area contributed by atoms with Crippen LogP contribution in [0.25, 0.3) is 10.8 Å². The number of hydrogen-bond acceptors (Lipinski definition) is 3. The molecule has 0 atom stereocenters. The number of nitrogens with one attached hydrogen (secondary N) is 1. The first-order valence-electron chi connectivity index (χ1n) is 10.6. The lowest BCUT2D eigenvalue weighted by molar-refractivity contribution is -0.121. The minimum Gasteiger partial charge on any atom is -0.351 e. The Morgan fingerprint density at radius 1 is 0.853 bits per heavy atom. The molecule has 4 aromatic rings. The van der Waals surface area contributed by atoms with Gasteiger partial charge in [-0.2, -0.15) is 4.31 Å². The van der Waals surface area contributed by atoms with Crippen LogP contribution in [0.2, 0.25) is 5.02 Å². The normalized spacial score (nSPS) is 11.6. The Bertz CT molecular complexity index is 1420. The van der Waals surface area contributed by atoms with E-state index in [-0.39, 0.29) is 18.0 Å². The van der Waals surface area contributed by atoms with Crippen molar-refractivity contribution in [3.05, 3.63) is 112 Å². The summed E-state index contributed by atoms with van der Waals surface area (Å²) in [5.74, 6) is -0.402. The number of nitrogens with zero attached hydrogens (tertiary/aromatic N) is 1. The summed E-state index contributed by atoms with van der Waals surface area (Å²) in [6.07, 6.45) is 0. The first-order valence-corrected chi connectivity index (χ1v) is 13.2. The number of carbonyl (C=O) groups is 1. The summed E-state index contributed by atoms with van der Waals surface area (Å²) in [5.41, 5.74) is 1.58. The molecule has 0 unspecified atom stereocenters. The molecule has 0 bridgehead atoms. The zero-order valence-electron chi connectivity index (χ0n) is 18.1. The SMILES string of the molecule is O=C(CN(Cc1ccccc1Cl)S(=O)(=O)c1ccc(Br)cc1)NCc1cccc2ccccc12. The standard InChI is InChI=1S/C26H22BrClN2O3S/c27-22-12-14-23(15-13-22)34(32,33)30(17-21-7-2-4-11-25(21)28)18-26(31)29-16-20-9-5-8-19-6-1-3-10-24(19)20/h1-15H,16-18H2,(H,29,31). The molecule has 0 radical (unpaired) electrons. The van der Waals surface area contributed by atoms with Gasteiger partial charge in [-0.1, -0.05) is 88.2 Å². The van der Waals surface area contributed by atoms with Crippen LogP contribution < -0.4 is 5.32 Å². The zero-order valence-corrected chi connectivity index (χ0v) is 21.3. The quantitative estimate of drug-likeness (QED) is 0.299. The van der Waals surface area contributed by atoms with E-state index < -0.39 is 15.9 Å². The van der Waals surface area contributed by atoms with Gasteiger partial charge in [-0.3, -0.25) is 4.79 Å². The molecule has 0 saturated carbocycles. The van der Waals surface area contributed by atoms with Crippen molar-refractivity contribution in [2.45, 2.75) is 18.0 Å². The smallest absolute Gasteiger partial charge is 0.243 e. The van der Waals surface area contributed by atoms with Crippen molar-refractivity contribution in [2.24, 2.45) is 0 Å². The van der Waals surface area contributed by atoms with Crippen LogP contribution in [0.15, 0.2) is 100 Å². The van der Waals surface area contributed by atoms with E-state index in [4.69, 9.17) is 11.6 Å². The number of hydrogen-bond donors (Lipinski definition) is 1. The molecule has 0 aliphatic heterocycles. The minimum absolute atomic E-state index is 0.0280. The van der Waals surface area contributed by atoms with Crippen molar-refractivity contribution >= 4 is 54.2 Å². The molecule has 4 aromatic carbocycles. The predicted octanol–water partition coefficient (Wildman–Crippen LogP) is 5.76. The monoisotopic (exact) mass is 556 g/mol. The third-order valence-corrected chi connectivity index (χ3v) is 8.14. The van der Waals surface area contributed by atoms with Crippen molar-refractivity contribution in [1.29, 1.82) is 0 Å². The Morgan fingerprint density at radius 2 is 1.50 bits per heavy atom. The van der Waals surface area contributed by atoms with Gasteiger partial charge in [-0.25, -0.2) is 8.42 Å². The number of rotatable bonds is 8. The van der Waals surface area contributed by atoms with Crippen molar-refractivity contribution in [1.82, 2.24) is 9.62 Å². The molecule has 0 aliphatic rings. The highest BCUT2D eigenvalue weighted by Gasteiger charge is 2.27. The molecular weight excluding hydrogens is 536 g/mol. The van der Waals surface area contributed by atoms with Gasteiger partial charge in [-0.05, 0) is 52.2 Å². The van der Waals surface area contributed by atoms with E-state index >= 15 is 0 Å². The van der Waals surface area contributed by atoms with Gasteiger partial charge >= 0.3 is 0 Å². The summed E-state index contributed by atoms with van der Waals surface area (Å²) < 4.78 is 28.8. The summed E-state index contributed by atoms with van der Waals surface area (Å²) in [6, 6.07) is 27.1. The van der Waals surface area contributed by atoms with Gasteiger partial charge in [0.15, 0.2) is 0 Å². The molecule has 1 amide bonds. The largest absolute Gasteiger partial charge is 0.351 e. The topological polar surface area (TPSA) is 66.5 Å². The van der Waals surface area contributed by atoms with Gasteiger partial charge in [0.05, 0.1) is 11.4 Å². The summed E-state index contributed by atoms with van der Waals surface area (Å²) in [7, 11) is -3.95. The van der Waals surface area contributed by atoms with E-state index in [1.165, 1.54) is 12.1 Å². The van der Waals surface area contributed by atoms with Gasteiger partial charge < -0.3 is 5.32 Å². The summed E-state index contributed by atoms with van der Waals surface area (Å²) in [6.45, 7) is -0.0768. The average Bonchev–Trinajstić information content (AvgIpc) is 2.84. The Hall–Kier alpha value is -2.71. The molecule has 5 nitrogen and oxygen atoms in total. The maximum Gasteiger partial charge on any atom is 0.243 e. The van der Waals surface area contributed by atoms with E-state index in [1.54, 1.807) is 36.4 Å². The molecule has 1 N–H and O–H groups in total. The fourth-order valence-corrected chi connectivity index (χ4v) is 5.49. The Balaban J connectivity index is 1.56. The lowest BCUT2D eigenvalue weighted by Gasteiger charge is -2.22. The van der Waals surface area contributed by atoms with E-state index in [0.29, 0.717) is 17.1 Å². The number of amides is 1. The van der Waals surface area contributed by atoms with E-state index in [2.05, 4.69) is 21.2 Å². The predicted molar refractivity (Wildman–Crippen MR) is 139 cm³/mol. The summed E-state index contributed by atoms with van der Waals surface area (Å²) in [4.78, 5) is 13.0. The second-order valence-electron chi connectivity index (χ2n) is 7.73. The molecule has 0 heterocycles. The first-order chi connectivity index (χ1) is 16.3. The molecule has 0 saturated heterocycles. The fraction of sp³-hybridized carbons (Fsp3) is 0.115. The maximum absolute atomic E-state index is 13.4.